The van der Waals surface area contributed by atoms with Crippen molar-refractivity contribution in [2.45, 2.75) is 22.3 Å². The van der Waals surface area contributed by atoms with Crippen LogP contribution in [0.5, 0.6) is 0 Å². The minimum Gasteiger partial charge on any atom is -0.375 e. The van der Waals surface area contributed by atoms with Gasteiger partial charge in [0.1, 0.15) is 5.69 Å². The third-order valence-corrected chi connectivity index (χ3v) is 5.99. The quantitative estimate of drug-likeness (QED) is 0.514. The minimum atomic E-state index is -3.93. The van der Waals surface area contributed by atoms with Crippen LogP contribution in [-0.4, -0.2) is 45.1 Å². The second kappa shape index (κ2) is 9.67. The van der Waals surface area contributed by atoms with Gasteiger partial charge in [-0.05, 0) is 24.3 Å². The first-order valence-corrected chi connectivity index (χ1v) is 10.9. The van der Waals surface area contributed by atoms with Gasteiger partial charge in [0, 0.05) is 53.4 Å². The molecule has 0 saturated heterocycles. The van der Waals surface area contributed by atoms with Gasteiger partial charge in [-0.15, -0.1) is 11.8 Å². The third kappa shape index (κ3) is 6.32. The van der Waals surface area contributed by atoms with E-state index in [9.17, 15) is 18.1 Å². The molecule has 2 aromatic rings. The second-order valence-corrected chi connectivity index (χ2v) is 8.97. The molecular formula is C18H23N4O4S2+. The van der Waals surface area contributed by atoms with Crippen LogP contribution in [0.3, 0.4) is 0 Å². The van der Waals surface area contributed by atoms with E-state index in [0.717, 1.165) is 4.90 Å². The summed E-state index contributed by atoms with van der Waals surface area (Å²) in [6.45, 7) is 0. The van der Waals surface area contributed by atoms with E-state index < -0.39 is 10.0 Å². The normalized spacial score (nSPS) is 12.2. The van der Waals surface area contributed by atoms with Crippen LogP contribution >= 0.6 is 11.8 Å². The highest BCUT2D eigenvalue weighted by Crippen LogP contribution is 2.25. The molecular weight excluding hydrogens is 400 g/mol. The zero-order valence-corrected chi connectivity index (χ0v) is 17.2. The number of carbonyl (C=O) groups excluding carboxylic acids is 1. The molecule has 0 heterocycles. The molecule has 0 bridgehead atoms. The van der Waals surface area contributed by atoms with Crippen molar-refractivity contribution in [1.82, 2.24) is 4.90 Å². The van der Waals surface area contributed by atoms with Crippen LogP contribution in [0.4, 0.5) is 11.4 Å². The number of thioether (sulfide) groups is 1. The third-order valence-electron chi connectivity index (χ3n) is 3.90. The number of anilines is 1. The van der Waals surface area contributed by atoms with Gasteiger partial charge in [-0.25, -0.2) is 13.6 Å². The molecule has 8 nitrogen and oxygen atoms in total. The molecule has 0 aliphatic carbocycles. The number of nitrogens with zero attached hydrogens (tertiary/aromatic N) is 1. The van der Waals surface area contributed by atoms with E-state index in [-0.39, 0.29) is 29.0 Å². The average molecular weight is 424 g/mol. The van der Waals surface area contributed by atoms with Gasteiger partial charge >= 0.3 is 0 Å². The topological polar surface area (TPSA) is 124 Å². The van der Waals surface area contributed by atoms with Gasteiger partial charge in [0.25, 0.3) is 5.69 Å². The van der Waals surface area contributed by atoms with Crippen molar-refractivity contribution in [3.63, 3.8) is 0 Å². The number of amides is 1. The molecule has 1 atom stereocenters. The fourth-order valence-electron chi connectivity index (χ4n) is 2.39. The molecule has 10 heteroatoms. The van der Waals surface area contributed by atoms with Crippen molar-refractivity contribution in [2.75, 3.05) is 25.2 Å². The van der Waals surface area contributed by atoms with Crippen LogP contribution in [0.25, 0.3) is 0 Å². The van der Waals surface area contributed by atoms with Crippen molar-refractivity contribution >= 4 is 39.1 Å². The fourth-order valence-corrected chi connectivity index (χ4v) is 3.87. The van der Waals surface area contributed by atoms with E-state index in [2.05, 4.69) is 5.32 Å². The number of nitrogens with two attached hydrogens (primary N) is 1. The van der Waals surface area contributed by atoms with Crippen LogP contribution in [0, 0.1) is 4.91 Å². The Morgan fingerprint density at radius 1 is 1.21 bits per heavy atom. The van der Waals surface area contributed by atoms with Crippen molar-refractivity contribution in [3.8, 4) is 0 Å². The Balaban J connectivity index is 2.23. The van der Waals surface area contributed by atoms with Crippen molar-refractivity contribution < 1.29 is 18.4 Å². The Bertz CT molecular complexity index is 934. The maximum Gasteiger partial charge on any atom is 0.277 e. The molecule has 0 aromatic heterocycles. The fraction of sp³-hybridized carbons (Fsp3) is 0.278. The zero-order valence-electron chi connectivity index (χ0n) is 15.6. The van der Waals surface area contributed by atoms with E-state index >= 15 is 0 Å². The highest BCUT2D eigenvalue weighted by Gasteiger charge is 2.21. The number of benzene rings is 2. The summed E-state index contributed by atoms with van der Waals surface area (Å²) in [5.41, 5.74) is 0.436. The van der Waals surface area contributed by atoms with Gasteiger partial charge in [0.05, 0.1) is 4.90 Å². The van der Waals surface area contributed by atoms with Gasteiger partial charge in [0.15, 0.2) is 0 Å². The molecule has 2 aromatic carbocycles. The van der Waals surface area contributed by atoms with Crippen LogP contribution < -0.4 is 15.6 Å². The summed E-state index contributed by atoms with van der Waals surface area (Å²) in [7, 11) is -0.577. The Labute approximate surface area is 168 Å². The summed E-state index contributed by atoms with van der Waals surface area (Å²) >= 11 is 1.57. The van der Waals surface area contributed by atoms with E-state index in [1.165, 1.54) is 23.1 Å². The summed E-state index contributed by atoms with van der Waals surface area (Å²) in [5, 5.41) is 10.0. The van der Waals surface area contributed by atoms with Gasteiger partial charge in [0.2, 0.25) is 15.9 Å². The van der Waals surface area contributed by atoms with Crippen LogP contribution in [0.1, 0.15) is 6.42 Å². The molecule has 1 amide bonds. The first-order valence-electron chi connectivity index (χ1n) is 8.40. The number of rotatable bonds is 9. The summed E-state index contributed by atoms with van der Waals surface area (Å²) in [5.74, 6) is 0.502. The number of nitroso groups, excluding NO2 is 1. The Morgan fingerprint density at radius 3 is 2.46 bits per heavy atom. The maximum absolute atomic E-state index is 12.2. The molecule has 0 spiro atoms. The number of nitrogens with one attached hydrogen (secondary N) is 2. The van der Waals surface area contributed by atoms with Gasteiger partial charge < -0.3 is 10.2 Å². The van der Waals surface area contributed by atoms with Gasteiger partial charge in [-0.3, -0.25) is 4.79 Å². The molecule has 4 N–H and O–H groups in total. The largest absolute Gasteiger partial charge is 0.375 e. The summed E-state index contributed by atoms with van der Waals surface area (Å²) in [4.78, 5) is 25.9. The van der Waals surface area contributed by atoms with Crippen molar-refractivity contribution in [3.05, 3.63) is 53.4 Å². The van der Waals surface area contributed by atoms with E-state index in [1.54, 1.807) is 31.0 Å². The van der Waals surface area contributed by atoms with Crippen LogP contribution in [-0.2, 0) is 14.8 Å². The lowest BCUT2D eigenvalue weighted by atomic mass is 10.2. The predicted molar refractivity (Wildman–Crippen MR) is 110 cm³/mol. The van der Waals surface area contributed by atoms with Gasteiger partial charge in [-0.1, -0.05) is 18.2 Å². The zero-order chi connectivity index (χ0) is 20.7. The van der Waals surface area contributed by atoms with E-state index in [4.69, 9.17) is 5.14 Å². The first-order chi connectivity index (χ1) is 13.2. The first kappa shape index (κ1) is 21.9. The Morgan fingerprint density at radius 2 is 1.89 bits per heavy atom. The number of carbonyl (C=O) groups is 1. The summed E-state index contributed by atoms with van der Waals surface area (Å²) < 4.78 is 23.0. The lowest BCUT2D eigenvalue weighted by molar-refractivity contribution is -0.378. The molecule has 150 valence electrons. The summed E-state index contributed by atoms with van der Waals surface area (Å²) in [6.07, 6.45) is 0.210. The van der Waals surface area contributed by atoms with E-state index in [0.29, 0.717) is 11.4 Å². The number of hydrogen-bond acceptors (Lipinski definition) is 6. The molecule has 0 fully saturated rings. The Hall–Kier alpha value is -2.43. The van der Waals surface area contributed by atoms with Crippen molar-refractivity contribution in [1.29, 1.82) is 0 Å². The molecule has 0 aliphatic rings. The number of hydrogen-bond donors (Lipinski definition) is 3. The monoisotopic (exact) mass is 423 g/mol. The van der Waals surface area contributed by atoms with Crippen LogP contribution in [0.15, 0.2) is 58.3 Å². The van der Waals surface area contributed by atoms with E-state index in [1.807, 2.05) is 30.3 Å². The lowest BCUT2D eigenvalue weighted by Gasteiger charge is -2.21. The maximum atomic E-state index is 12.2. The lowest BCUT2D eigenvalue weighted by Crippen LogP contribution is -2.56. The number of sulfonamides is 1. The van der Waals surface area contributed by atoms with Gasteiger partial charge in [-0.2, -0.15) is 0 Å². The number of primary sulfonamides is 1. The molecule has 28 heavy (non-hydrogen) atoms. The summed E-state index contributed by atoms with van der Waals surface area (Å²) in [6, 6.07) is 13.4. The molecule has 2 rings (SSSR count). The molecule has 0 aliphatic heterocycles. The highest BCUT2D eigenvalue weighted by molar-refractivity contribution is 7.99. The Kier molecular flexibility index (Phi) is 7.55. The highest BCUT2D eigenvalue weighted by atomic mass is 32.2. The molecule has 0 unspecified atom stereocenters. The van der Waals surface area contributed by atoms with Crippen LogP contribution in [0.2, 0.25) is 0 Å². The minimum absolute atomic E-state index is 0.0403. The standard InChI is InChI=1S/C18H22N4O4S2/c1-22(2)18(23)10-13(12-27-14-6-4-3-5-7-14)20-16-9-8-15(28(19,25)26)11-17(16)21-24/h3-9,11,13,20H,10,12H2,1-2H3,(H2,19,25,26)/p+1/t13-/m1/s1. The average Bonchev–Trinajstić information content (AvgIpc) is 2.66. The smallest absolute Gasteiger partial charge is 0.277 e. The predicted octanol–water partition coefficient (Wildman–Crippen LogP) is 0.864. The molecule has 0 radical (unpaired) electrons. The van der Waals surface area contributed by atoms with Crippen molar-refractivity contribution in [2.24, 2.45) is 5.14 Å². The molecule has 0 saturated carbocycles. The SMILES string of the molecule is CN(C)C(=O)C[C@H](CSc1ccccc1)Nc1ccc(S(N)(=O)=O)cc1[NH+]=O. The second-order valence-electron chi connectivity index (χ2n) is 6.31.